The summed E-state index contributed by atoms with van der Waals surface area (Å²) in [6.07, 6.45) is 1.45. The van der Waals surface area contributed by atoms with Crippen LogP contribution in [0, 0.1) is 5.82 Å². The number of nitrogens with zero attached hydrogens (tertiary/aromatic N) is 1. The maximum Gasteiger partial charge on any atom is 0.335 e. The van der Waals surface area contributed by atoms with Crippen LogP contribution in [0.5, 0.6) is 0 Å². The highest BCUT2D eigenvalue weighted by Gasteiger charge is 2.30. The number of aromatic carboxylic acids is 1. The Morgan fingerprint density at radius 1 is 1.25 bits per heavy atom. The van der Waals surface area contributed by atoms with Crippen molar-refractivity contribution in [1.29, 1.82) is 0 Å². The Bertz CT molecular complexity index is 837. The quantitative estimate of drug-likeness (QED) is 0.915. The van der Waals surface area contributed by atoms with Gasteiger partial charge in [0.05, 0.1) is 22.2 Å². The van der Waals surface area contributed by atoms with Crippen LogP contribution in [-0.2, 0) is 6.42 Å². The van der Waals surface area contributed by atoms with Crippen molar-refractivity contribution in [2.24, 2.45) is 0 Å². The number of halogens is 2. The normalized spacial score (nSPS) is 15.9. The number of carbonyl (C=O) groups is 2. The zero-order chi connectivity index (χ0) is 17.4. The molecule has 0 saturated carbocycles. The first-order valence-electron chi connectivity index (χ1n) is 7.47. The topological polar surface area (TPSA) is 57.6 Å². The van der Waals surface area contributed by atoms with E-state index in [2.05, 4.69) is 0 Å². The third kappa shape index (κ3) is 2.87. The number of aryl methyl sites for hydroxylation is 1. The zero-order valence-corrected chi connectivity index (χ0v) is 13.7. The average molecular weight is 348 g/mol. The van der Waals surface area contributed by atoms with E-state index in [0.717, 1.165) is 23.6 Å². The average Bonchev–Trinajstić information content (AvgIpc) is 2.98. The van der Waals surface area contributed by atoms with E-state index >= 15 is 0 Å². The molecule has 24 heavy (non-hydrogen) atoms. The summed E-state index contributed by atoms with van der Waals surface area (Å²) in [6.45, 7) is 0. The predicted octanol–water partition coefficient (Wildman–Crippen LogP) is 3.94. The molecule has 1 amide bonds. The van der Waals surface area contributed by atoms with Crippen LogP contribution in [0.1, 0.15) is 44.3 Å². The number of hydrogen-bond acceptors (Lipinski definition) is 2. The number of carbonyl (C=O) groups excluding carboxylic acids is 1. The highest BCUT2D eigenvalue weighted by atomic mass is 35.5. The van der Waals surface area contributed by atoms with Crippen LogP contribution in [0.25, 0.3) is 0 Å². The zero-order valence-electron chi connectivity index (χ0n) is 12.9. The van der Waals surface area contributed by atoms with Gasteiger partial charge in [-0.2, -0.15) is 0 Å². The summed E-state index contributed by atoms with van der Waals surface area (Å²) < 4.78 is 13.4. The van der Waals surface area contributed by atoms with Gasteiger partial charge in [-0.3, -0.25) is 4.79 Å². The van der Waals surface area contributed by atoms with Gasteiger partial charge >= 0.3 is 5.97 Å². The first-order valence-corrected chi connectivity index (χ1v) is 7.84. The van der Waals surface area contributed by atoms with Crippen LogP contribution in [0.4, 0.5) is 4.39 Å². The summed E-state index contributed by atoms with van der Waals surface area (Å²) in [4.78, 5) is 25.4. The van der Waals surface area contributed by atoms with E-state index in [1.807, 2.05) is 0 Å². The molecule has 6 heteroatoms. The first kappa shape index (κ1) is 16.5. The van der Waals surface area contributed by atoms with Gasteiger partial charge in [0.1, 0.15) is 5.82 Å². The van der Waals surface area contributed by atoms with E-state index < -0.39 is 17.7 Å². The number of benzene rings is 2. The van der Waals surface area contributed by atoms with E-state index in [0.29, 0.717) is 6.42 Å². The summed E-state index contributed by atoms with van der Waals surface area (Å²) in [6, 6.07) is 8.36. The third-order valence-corrected chi connectivity index (χ3v) is 4.72. The summed E-state index contributed by atoms with van der Waals surface area (Å²) >= 11 is 6.02. The molecule has 0 radical (unpaired) electrons. The van der Waals surface area contributed by atoms with E-state index in [4.69, 9.17) is 16.7 Å². The summed E-state index contributed by atoms with van der Waals surface area (Å²) in [5.41, 5.74) is 2.13. The van der Waals surface area contributed by atoms with Crippen molar-refractivity contribution in [3.63, 3.8) is 0 Å². The number of hydrogen-bond donors (Lipinski definition) is 1. The fourth-order valence-corrected chi connectivity index (χ4v) is 3.31. The minimum absolute atomic E-state index is 0.0991. The Morgan fingerprint density at radius 3 is 2.71 bits per heavy atom. The number of fused-ring (bicyclic) bond motifs is 1. The smallest absolute Gasteiger partial charge is 0.335 e. The van der Waals surface area contributed by atoms with Gasteiger partial charge in [0.25, 0.3) is 5.91 Å². The molecule has 0 heterocycles. The molecular formula is C18H15ClFNO3. The lowest BCUT2D eigenvalue weighted by Gasteiger charge is -2.26. The maximum absolute atomic E-state index is 13.4. The molecule has 0 aliphatic heterocycles. The van der Waals surface area contributed by atoms with E-state index in [1.165, 1.54) is 17.0 Å². The highest BCUT2D eigenvalue weighted by Crippen LogP contribution is 2.36. The van der Waals surface area contributed by atoms with E-state index in [9.17, 15) is 14.0 Å². The molecule has 3 rings (SSSR count). The molecule has 1 aliphatic rings. The van der Waals surface area contributed by atoms with Crippen LogP contribution in [0.15, 0.2) is 36.4 Å². The van der Waals surface area contributed by atoms with Gasteiger partial charge in [-0.1, -0.05) is 17.7 Å². The van der Waals surface area contributed by atoms with Crippen LogP contribution in [0.2, 0.25) is 5.02 Å². The minimum atomic E-state index is -1.01. The van der Waals surface area contributed by atoms with Crippen LogP contribution in [0.3, 0.4) is 0 Å². The number of rotatable bonds is 3. The fourth-order valence-electron chi connectivity index (χ4n) is 3.11. The predicted molar refractivity (Wildman–Crippen MR) is 88.0 cm³/mol. The van der Waals surface area contributed by atoms with Gasteiger partial charge in [0.2, 0.25) is 0 Å². The molecule has 124 valence electrons. The lowest BCUT2D eigenvalue weighted by molar-refractivity contribution is 0.0696. The molecular weight excluding hydrogens is 333 g/mol. The Morgan fingerprint density at radius 2 is 2.00 bits per heavy atom. The van der Waals surface area contributed by atoms with Gasteiger partial charge in [-0.25, -0.2) is 9.18 Å². The van der Waals surface area contributed by atoms with Crippen molar-refractivity contribution >= 4 is 23.5 Å². The van der Waals surface area contributed by atoms with Gasteiger partial charge in [-0.05, 0) is 54.3 Å². The SMILES string of the molecule is CN(C(=O)c1cc(F)ccc1Cl)[C@@H]1CCc2ccc(C(=O)O)cc21. The lowest BCUT2D eigenvalue weighted by atomic mass is 10.0. The molecule has 1 aliphatic carbocycles. The Balaban J connectivity index is 1.94. The largest absolute Gasteiger partial charge is 0.478 e. The van der Waals surface area contributed by atoms with Crippen molar-refractivity contribution < 1.29 is 19.1 Å². The highest BCUT2D eigenvalue weighted by molar-refractivity contribution is 6.33. The molecule has 2 aromatic carbocycles. The number of carboxylic acids is 1. The van der Waals surface area contributed by atoms with Gasteiger partial charge < -0.3 is 10.0 Å². The lowest BCUT2D eigenvalue weighted by Crippen LogP contribution is -2.30. The minimum Gasteiger partial charge on any atom is -0.478 e. The molecule has 0 saturated heterocycles. The first-order chi connectivity index (χ1) is 11.4. The van der Waals surface area contributed by atoms with Gasteiger partial charge in [0.15, 0.2) is 0 Å². The van der Waals surface area contributed by atoms with Crippen molar-refractivity contribution in [2.45, 2.75) is 18.9 Å². The Hall–Kier alpha value is -2.40. The third-order valence-electron chi connectivity index (χ3n) is 4.39. The standard InChI is InChI=1S/C18H15ClFNO3/c1-21(17(22)14-9-12(20)5-6-15(14)19)16-7-4-10-2-3-11(18(23)24)8-13(10)16/h2-3,5-6,8-9,16H,4,7H2,1H3,(H,23,24)/t16-/m1/s1. The maximum atomic E-state index is 13.4. The monoisotopic (exact) mass is 347 g/mol. The van der Waals surface area contributed by atoms with Crippen molar-refractivity contribution in [2.75, 3.05) is 7.05 Å². The molecule has 1 N–H and O–H groups in total. The summed E-state index contributed by atoms with van der Waals surface area (Å²) in [5.74, 6) is -1.93. The molecule has 1 atom stereocenters. The molecule has 4 nitrogen and oxygen atoms in total. The summed E-state index contributed by atoms with van der Waals surface area (Å²) in [7, 11) is 1.62. The molecule has 0 aromatic heterocycles. The number of amides is 1. The van der Waals surface area contributed by atoms with Gasteiger partial charge in [-0.15, -0.1) is 0 Å². The van der Waals surface area contributed by atoms with Crippen LogP contribution < -0.4 is 0 Å². The second-order valence-electron chi connectivity index (χ2n) is 5.81. The molecule has 2 aromatic rings. The van der Waals surface area contributed by atoms with E-state index in [1.54, 1.807) is 25.2 Å². The van der Waals surface area contributed by atoms with Gasteiger partial charge in [0, 0.05) is 7.05 Å². The number of carboxylic acid groups (broad SMARTS) is 1. The van der Waals surface area contributed by atoms with E-state index in [-0.39, 0.29) is 22.2 Å². The van der Waals surface area contributed by atoms with Crippen LogP contribution >= 0.6 is 11.6 Å². The van der Waals surface area contributed by atoms with Crippen molar-refractivity contribution in [3.8, 4) is 0 Å². The summed E-state index contributed by atoms with van der Waals surface area (Å²) in [5, 5.41) is 9.34. The molecule has 0 fully saturated rings. The Kier molecular flexibility index (Phi) is 4.28. The molecule has 0 bridgehead atoms. The van der Waals surface area contributed by atoms with Crippen LogP contribution in [-0.4, -0.2) is 28.9 Å². The second kappa shape index (κ2) is 6.24. The molecule has 0 spiro atoms. The Labute approximate surface area is 143 Å². The van der Waals surface area contributed by atoms with Crippen molar-refractivity contribution in [1.82, 2.24) is 4.90 Å². The second-order valence-corrected chi connectivity index (χ2v) is 6.22. The molecule has 0 unspecified atom stereocenters. The van der Waals surface area contributed by atoms with Crippen molar-refractivity contribution in [3.05, 3.63) is 69.5 Å². The fraction of sp³-hybridized carbons (Fsp3) is 0.222.